The molecule has 0 unspecified atom stereocenters. The van der Waals surface area contributed by atoms with Gasteiger partial charge in [-0.1, -0.05) is 48.5 Å². The van der Waals surface area contributed by atoms with Crippen molar-refractivity contribution in [1.82, 2.24) is 15.0 Å². The number of nitrogens with one attached hydrogen (secondary N) is 3. The van der Waals surface area contributed by atoms with Crippen LogP contribution in [0.1, 0.15) is 0 Å². The number of aromatic nitrogens is 3. The molecule has 0 aliphatic rings. The molecule has 4 heteroatoms. The number of rotatable bonds is 0. The van der Waals surface area contributed by atoms with Crippen LogP contribution in [0.3, 0.4) is 0 Å². The first kappa shape index (κ1) is 14.9. The number of para-hydroxylation sites is 2. The van der Waals surface area contributed by atoms with Crippen LogP contribution in [-0.2, 0) is 0 Å². The highest BCUT2D eigenvalue weighted by atomic mass is 16.1. The normalized spacial score (nSPS) is 12.3. The highest BCUT2D eigenvalue weighted by molar-refractivity contribution is 6.22. The second-order valence-corrected chi connectivity index (χ2v) is 7.65. The quantitative estimate of drug-likeness (QED) is 0.283. The number of hydrogen-bond donors (Lipinski definition) is 3. The van der Waals surface area contributed by atoms with Crippen LogP contribution in [0.25, 0.3) is 65.3 Å². The Morgan fingerprint density at radius 3 is 1.86 bits per heavy atom. The van der Waals surface area contributed by atoms with E-state index in [1.54, 1.807) is 0 Å². The fourth-order valence-corrected chi connectivity index (χ4v) is 4.76. The Hall–Kier alpha value is -4.05. The second-order valence-electron chi connectivity index (χ2n) is 7.65. The molecule has 4 aromatic carbocycles. The molecule has 29 heavy (non-hydrogen) atoms. The maximum Gasteiger partial charge on any atom is 0.256 e. The van der Waals surface area contributed by atoms with E-state index in [1.807, 2.05) is 30.3 Å². The van der Waals surface area contributed by atoms with Crippen LogP contribution < -0.4 is 5.56 Å². The molecule has 3 heterocycles. The maximum atomic E-state index is 13.1. The number of H-pyrrole nitrogens is 3. The monoisotopic (exact) mass is 373 g/mol. The summed E-state index contributed by atoms with van der Waals surface area (Å²) in [5.41, 5.74) is 4.96. The van der Waals surface area contributed by atoms with Crippen molar-refractivity contribution in [2.75, 3.05) is 0 Å². The van der Waals surface area contributed by atoms with E-state index in [-0.39, 0.29) is 5.56 Å². The van der Waals surface area contributed by atoms with Crippen molar-refractivity contribution in [3.63, 3.8) is 0 Å². The minimum atomic E-state index is -0.0640. The van der Waals surface area contributed by atoms with E-state index in [1.165, 1.54) is 0 Å². The average Bonchev–Trinajstić information content (AvgIpc) is 3.31. The molecule has 3 N–H and O–H groups in total. The molecule has 3 aromatic heterocycles. The summed E-state index contributed by atoms with van der Waals surface area (Å²) in [7, 11) is 0. The summed E-state index contributed by atoms with van der Waals surface area (Å²) in [5.74, 6) is 0. The molecule has 136 valence electrons. The van der Waals surface area contributed by atoms with Crippen molar-refractivity contribution in [2.24, 2.45) is 0 Å². The number of benzene rings is 4. The molecule has 0 atom stereocenters. The molecular formula is C25H15N3O. The van der Waals surface area contributed by atoms with Crippen LogP contribution in [0.4, 0.5) is 0 Å². The van der Waals surface area contributed by atoms with Crippen LogP contribution in [0.5, 0.6) is 0 Å². The van der Waals surface area contributed by atoms with Gasteiger partial charge in [-0.25, -0.2) is 0 Å². The molecule has 0 aliphatic carbocycles. The zero-order valence-corrected chi connectivity index (χ0v) is 15.3. The van der Waals surface area contributed by atoms with Gasteiger partial charge in [-0.2, -0.15) is 0 Å². The Balaban J connectivity index is 1.71. The minimum absolute atomic E-state index is 0.0640. The number of aromatic amines is 3. The van der Waals surface area contributed by atoms with E-state index in [2.05, 4.69) is 57.4 Å². The van der Waals surface area contributed by atoms with Crippen LogP contribution in [0, 0.1) is 0 Å². The maximum absolute atomic E-state index is 13.1. The van der Waals surface area contributed by atoms with E-state index in [0.29, 0.717) is 5.39 Å². The number of hydrogen-bond acceptors (Lipinski definition) is 1. The smallest absolute Gasteiger partial charge is 0.256 e. The van der Waals surface area contributed by atoms with E-state index < -0.39 is 0 Å². The lowest BCUT2D eigenvalue weighted by molar-refractivity contribution is 1.35. The molecule has 0 saturated carbocycles. The SMILES string of the molecule is O=c1[nH]c2c(ccc3c4ccccc4[nH]c32)c2cc3[nH]c4ccccc4c3cc12. The predicted molar refractivity (Wildman–Crippen MR) is 121 cm³/mol. The topological polar surface area (TPSA) is 64.4 Å². The van der Waals surface area contributed by atoms with E-state index >= 15 is 0 Å². The number of pyridine rings is 1. The van der Waals surface area contributed by atoms with Gasteiger partial charge in [0.1, 0.15) is 0 Å². The zero-order chi connectivity index (χ0) is 19.1. The van der Waals surface area contributed by atoms with Crippen molar-refractivity contribution in [2.45, 2.75) is 0 Å². The molecule has 0 radical (unpaired) electrons. The van der Waals surface area contributed by atoms with Gasteiger partial charge >= 0.3 is 0 Å². The van der Waals surface area contributed by atoms with Crippen LogP contribution in [-0.4, -0.2) is 15.0 Å². The van der Waals surface area contributed by atoms with Crippen molar-refractivity contribution in [1.29, 1.82) is 0 Å². The largest absolute Gasteiger partial charge is 0.354 e. The van der Waals surface area contributed by atoms with Crippen molar-refractivity contribution < 1.29 is 0 Å². The van der Waals surface area contributed by atoms with Crippen LogP contribution in [0.2, 0.25) is 0 Å². The van der Waals surface area contributed by atoms with E-state index in [4.69, 9.17) is 0 Å². The molecule has 7 aromatic rings. The first-order valence-corrected chi connectivity index (χ1v) is 9.67. The van der Waals surface area contributed by atoms with Gasteiger partial charge in [-0.3, -0.25) is 4.79 Å². The average molecular weight is 373 g/mol. The van der Waals surface area contributed by atoms with E-state index in [0.717, 1.165) is 59.9 Å². The second kappa shape index (κ2) is 5.06. The Morgan fingerprint density at radius 1 is 0.448 bits per heavy atom. The summed E-state index contributed by atoms with van der Waals surface area (Å²) in [5, 5.41) is 7.21. The van der Waals surface area contributed by atoms with Crippen LogP contribution in [0.15, 0.2) is 77.6 Å². The zero-order valence-electron chi connectivity index (χ0n) is 15.3. The van der Waals surface area contributed by atoms with Gasteiger partial charge in [0, 0.05) is 48.9 Å². The van der Waals surface area contributed by atoms with Gasteiger partial charge in [0.2, 0.25) is 0 Å². The Morgan fingerprint density at radius 2 is 1.07 bits per heavy atom. The summed E-state index contributed by atoms with van der Waals surface area (Å²) < 4.78 is 0. The van der Waals surface area contributed by atoms with Crippen LogP contribution >= 0.6 is 0 Å². The van der Waals surface area contributed by atoms with Gasteiger partial charge in [-0.05, 0) is 29.7 Å². The highest BCUT2D eigenvalue weighted by Gasteiger charge is 2.14. The molecule has 0 amide bonds. The molecular weight excluding hydrogens is 358 g/mol. The molecule has 0 saturated heterocycles. The molecule has 7 rings (SSSR count). The third kappa shape index (κ3) is 1.85. The molecule has 0 spiro atoms. The van der Waals surface area contributed by atoms with Crippen molar-refractivity contribution in [3.05, 3.63) is 83.2 Å². The summed E-state index contributed by atoms with van der Waals surface area (Å²) in [6.07, 6.45) is 0. The predicted octanol–water partition coefficient (Wildman–Crippen LogP) is 5.95. The van der Waals surface area contributed by atoms with Gasteiger partial charge in [0.25, 0.3) is 5.56 Å². The van der Waals surface area contributed by atoms with Crippen molar-refractivity contribution in [3.8, 4) is 0 Å². The number of fused-ring (bicyclic) bond motifs is 10. The summed E-state index contributed by atoms with van der Waals surface area (Å²) >= 11 is 0. The third-order valence-corrected chi connectivity index (χ3v) is 6.10. The fraction of sp³-hybridized carbons (Fsp3) is 0. The van der Waals surface area contributed by atoms with E-state index in [9.17, 15) is 4.79 Å². The lowest BCUT2D eigenvalue weighted by atomic mass is 10.0. The lowest BCUT2D eigenvalue weighted by Crippen LogP contribution is -2.06. The van der Waals surface area contributed by atoms with Gasteiger partial charge < -0.3 is 15.0 Å². The molecule has 0 bridgehead atoms. The molecule has 4 nitrogen and oxygen atoms in total. The standard InChI is InChI=1S/C25H15N3O/c29-25-19-11-18-14-6-2-3-7-20(14)26-22(18)12-17(19)16-10-9-15-13-5-1-4-8-21(13)27-23(15)24(16)28-25/h1-12,26-27H,(H,28,29). The summed E-state index contributed by atoms with van der Waals surface area (Å²) in [4.78, 5) is 23.2. The first-order chi connectivity index (χ1) is 14.3. The van der Waals surface area contributed by atoms with Crippen molar-refractivity contribution >= 4 is 65.3 Å². The Kier molecular flexibility index (Phi) is 2.60. The Bertz CT molecular complexity index is 1830. The van der Waals surface area contributed by atoms with Gasteiger partial charge in [0.15, 0.2) is 0 Å². The summed E-state index contributed by atoms with van der Waals surface area (Å²) in [6.45, 7) is 0. The fourth-order valence-electron chi connectivity index (χ4n) is 4.76. The van der Waals surface area contributed by atoms with Gasteiger partial charge in [0.05, 0.1) is 11.0 Å². The Labute approximate surface area is 163 Å². The molecule has 0 fully saturated rings. The third-order valence-electron chi connectivity index (χ3n) is 6.10. The minimum Gasteiger partial charge on any atom is -0.354 e. The summed E-state index contributed by atoms with van der Waals surface area (Å²) in [6, 6.07) is 24.8. The molecule has 0 aliphatic heterocycles. The first-order valence-electron chi connectivity index (χ1n) is 9.67. The highest BCUT2D eigenvalue weighted by Crippen LogP contribution is 2.35. The lowest BCUT2D eigenvalue weighted by Gasteiger charge is -2.06. The van der Waals surface area contributed by atoms with Gasteiger partial charge in [-0.15, -0.1) is 0 Å².